The van der Waals surface area contributed by atoms with Gasteiger partial charge in [-0.05, 0) is 12.0 Å². The molecule has 16 heavy (non-hydrogen) atoms. The molecule has 0 bridgehead atoms. The third-order valence-electron chi connectivity index (χ3n) is 2.51. The molecule has 0 saturated carbocycles. The van der Waals surface area contributed by atoms with Gasteiger partial charge in [-0.3, -0.25) is 9.48 Å². The Morgan fingerprint density at radius 2 is 2.06 bits per heavy atom. The topological polar surface area (TPSA) is 34.9 Å². The molecule has 1 heterocycles. The molecule has 0 saturated heterocycles. The number of nitrogens with zero attached hydrogens (tertiary/aromatic N) is 2. The Balaban J connectivity index is 1.94. The van der Waals surface area contributed by atoms with E-state index in [1.54, 1.807) is 17.1 Å². The minimum Gasteiger partial charge on any atom is -0.294 e. The van der Waals surface area contributed by atoms with Crippen molar-refractivity contribution in [3.8, 4) is 0 Å². The van der Waals surface area contributed by atoms with Gasteiger partial charge >= 0.3 is 0 Å². The second-order valence-electron chi connectivity index (χ2n) is 3.81. The van der Waals surface area contributed by atoms with Gasteiger partial charge in [0, 0.05) is 19.7 Å². The van der Waals surface area contributed by atoms with Crippen LogP contribution < -0.4 is 0 Å². The van der Waals surface area contributed by atoms with Crippen molar-refractivity contribution in [1.82, 2.24) is 9.78 Å². The first kappa shape index (κ1) is 10.6. The summed E-state index contributed by atoms with van der Waals surface area (Å²) in [5.74, 6) is 0.150. The molecule has 0 unspecified atom stereocenters. The Morgan fingerprint density at radius 1 is 1.31 bits per heavy atom. The fraction of sp³-hybridized carbons (Fsp3) is 0.231. The number of hydrogen-bond donors (Lipinski definition) is 0. The van der Waals surface area contributed by atoms with E-state index in [4.69, 9.17) is 0 Å². The lowest BCUT2D eigenvalue weighted by molar-refractivity contribution is 0.0983. The molecule has 0 atom stereocenters. The van der Waals surface area contributed by atoms with Crippen molar-refractivity contribution in [3.05, 3.63) is 53.9 Å². The summed E-state index contributed by atoms with van der Waals surface area (Å²) in [4.78, 5) is 11.8. The average Bonchev–Trinajstić information content (AvgIpc) is 2.74. The maximum atomic E-state index is 11.8. The van der Waals surface area contributed by atoms with Crippen LogP contribution in [0.5, 0.6) is 0 Å². The van der Waals surface area contributed by atoms with Crippen molar-refractivity contribution in [2.45, 2.75) is 12.8 Å². The zero-order valence-corrected chi connectivity index (χ0v) is 9.26. The van der Waals surface area contributed by atoms with Gasteiger partial charge in [0.15, 0.2) is 5.78 Å². The molecule has 0 aliphatic rings. The number of carbonyl (C=O) groups excluding carboxylic acids is 1. The molecule has 2 aromatic rings. The highest BCUT2D eigenvalue weighted by Crippen LogP contribution is 2.07. The van der Waals surface area contributed by atoms with E-state index < -0.39 is 0 Å². The highest BCUT2D eigenvalue weighted by atomic mass is 16.1. The molecule has 0 spiro atoms. The van der Waals surface area contributed by atoms with Crippen molar-refractivity contribution >= 4 is 5.78 Å². The van der Waals surface area contributed by atoms with Gasteiger partial charge in [0.05, 0.1) is 11.8 Å². The summed E-state index contributed by atoms with van der Waals surface area (Å²) in [6.07, 6.45) is 4.70. The highest BCUT2D eigenvalue weighted by Gasteiger charge is 2.07. The lowest BCUT2D eigenvalue weighted by atomic mass is 10.1. The van der Waals surface area contributed by atoms with Gasteiger partial charge in [-0.2, -0.15) is 5.10 Å². The molecular formula is C13H14N2O. The summed E-state index contributed by atoms with van der Waals surface area (Å²) in [7, 11) is 1.81. The first-order valence-electron chi connectivity index (χ1n) is 5.31. The summed E-state index contributed by atoms with van der Waals surface area (Å²) in [5.41, 5.74) is 1.89. The van der Waals surface area contributed by atoms with Gasteiger partial charge < -0.3 is 0 Å². The monoisotopic (exact) mass is 214 g/mol. The fourth-order valence-electron chi connectivity index (χ4n) is 1.61. The molecule has 3 heteroatoms. The highest BCUT2D eigenvalue weighted by molar-refractivity contribution is 5.95. The Bertz CT molecular complexity index is 474. The van der Waals surface area contributed by atoms with Crippen LogP contribution in [0.25, 0.3) is 0 Å². The van der Waals surface area contributed by atoms with Crippen molar-refractivity contribution < 1.29 is 4.79 Å². The summed E-state index contributed by atoms with van der Waals surface area (Å²) < 4.78 is 1.65. The molecule has 82 valence electrons. The SMILES string of the molecule is Cn1cc(C(=O)CCc2ccccc2)cn1. The van der Waals surface area contributed by atoms with Gasteiger partial charge in [0.1, 0.15) is 0 Å². The molecule has 3 nitrogen and oxygen atoms in total. The largest absolute Gasteiger partial charge is 0.294 e. The lowest BCUT2D eigenvalue weighted by Crippen LogP contribution is -1.99. The quantitative estimate of drug-likeness (QED) is 0.731. The van der Waals surface area contributed by atoms with E-state index >= 15 is 0 Å². The van der Waals surface area contributed by atoms with Crippen LogP contribution in [0.15, 0.2) is 42.7 Å². The Hall–Kier alpha value is -1.90. The molecule has 1 aromatic heterocycles. The van der Waals surface area contributed by atoms with E-state index in [1.165, 1.54) is 5.56 Å². The Labute approximate surface area is 94.7 Å². The predicted octanol–water partition coefficient (Wildman–Crippen LogP) is 2.24. The van der Waals surface area contributed by atoms with Crippen LogP contribution in [0.2, 0.25) is 0 Å². The van der Waals surface area contributed by atoms with E-state index in [1.807, 2.05) is 37.4 Å². The number of rotatable bonds is 4. The molecular weight excluding hydrogens is 200 g/mol. The number of carbonyl (C=O) groups is 1. The molecule has 0 radical (unpaired) electrons. The Morgan fingerprint density at radius 3 is 2.69 bits per heavy atom. The molecule has 0 fully saturated rings. The summed E-state index contributed by atoms with van der Waals surface area (Å²) in [6.45, 7) is 0. The third-order valence-corrected chi connectivity index (χ3v) is 2.51. The number of Topliss-reactive ketones (excluding diaryl/α,β-unsaturated/α-hetero) is 1. The molecule has 1 aromatic carbocycles. The van der Waals surface area contributed by atoms with Crippen LogP contribution in [0, 0.1) is 0 Å². The smallest absolute Gasteiger partial charge is 0.166 e. The van der Waals surface area contributed by atoms with Crippen LogP contribution in [0.3, 0.4) is 0 Å². The fourth-order valence-corrected chi connectivity index (χ4v) is 1.61. The number of aromatic nitrogens is 2. The van der Waals surface area contributed by atoms with Gasteiger partial charge in [0.2, 0.25) is 0 Å². The van der Waals surface area contributed by atoms with Crippen LogP contribution in [0.4, 0.5) is 0 Å². The van der Waals surface area contributed by atoms with Crippen molar-refractivity contribution in [2.24, 2.45) is 7.05 Å². The summed E-state index contributed by atoms with van der Waals surface area (Å²) in [6, 6.07) is 10.0. The Kier molecular flexibility index (Phi) is 3.15. The second kappa shape index (κ2) is 4.75. The molecule has 0 amide bonds. The summed E-state index contributed by atoms with van der Waals surface area (Å²) in [5, 5.41) is 3.99. The number of ketones is 1. The minimum absolute atomic E-state index is 0.150. The lowest BCUT2D eigenvalue weighted by Gasteiger charge is -1.99. The number of aryl methyl sites for hydroxylation is 2. The van der Waals surface area contributed by atoms with E-state index in [9.17, 15) is 4.79 Å². The standard InChI is InChI=1S/C13H14N2O/c1-15-10-12(9-14-15)13(16)8-7-11-5-3-2-4-6-11/h2-6,9-10H,7-8H2,1H3. The van der Waals surface area contributed by atoms with Crippen molar-refractivity contribution in [3.63, 3.8) is 0 Å². The zero-order valence-electron chi connectivity index (χ0n) is 9.26. The van der Waals surface area contributed by atoms with Gasteiger partial charge in [-0.25, -0.2) is 0 Å². The molecule has 0 N–H and O–H groups in total. The maximum Gasteiger partial charge on any atom is 0.166 e. The molecule has 0 aliphatic carbocycles. The van der Waals surface area contributed by atoms with E-state index in [-0.39, 0.29) is 5.78 Å². The van der Waals surface area contributed by atoms with Crippen LogP contribution >= 0.6 is 0 Å². The van der Waals surface area contributed by atoms with Crippen LogP contribution in [0.1, 0.15) is 22.3 Å². The predicted molar refractivity (Wildman–Crippen MR) is 62.3 cm³/mol. The maximum absolute atomic E-state index is 11.8. The zero-order chi connectivity index (χ0) is 11.4. The van der Waals surface area contributed by atoms with E-state index in [0.717, 1.165) is 6.42 Å². The van der Waals surface area contributed by atoms with Crippen molar-refractivity contribution in [1.29, 1.82) is 0 Å². The molecule has 0 aliphatic heterocycles. The third kappa shape index (κ3) is 2.57. The van der Waals surface area contributed by atoms with Crippen LogP contribution in [-0.2, 0) is 13.5 Å². The number of benzene rings is 1. The normalized spacial score (nSPS) is 10.3. The summed E-state index contributed by atoms with van der Waals surface area (Å²) >= 11 is 0. The first-order chi connectivity index (χ1) is 7.75. The second-order valence-corrected chi connectivity index (χ2v) is 3.81. The number of hydrogen-bond acceptors (Lipinski definition) is 2. The average molecular weight is 214 g/mol. The minimum atomic E-state index is 0.150. The van der Waals surface area contributed by atoms with Crippen LogP contribution in [-0.4, -0.2) is 15.6 Å². The van der Waals surface area contributed by atoms with E-state index in [2.05, 4.69) is 5.10 Å². The van der Waals surface area contributed by atoms with Gasteiger partial charge in [0.25, 0.3) is 0 Å². The van der Waals surface area contributed by atoms with Gasteiger partial charge in [-0.15, -0.1) is 0 Å². The van der Waals surface area contributed by atoms with E-state index in [0.29, 0.717) is 12.0 Å². The first-order valence-corrected chi connectivity index (χ1v) is 5.31. The molecule has 2 rings (SSSR count). The van der Waals surface area contributed by atoms with Gasteiger partial charge in [-0.1, -0.05) is 30.3 Å². The van der Waals surface area contributed by atoms with Crippen molar-refractivity contribution in [2.75, 3.05) is 0 Å².